The van der Waals surface area contributed by atoms with Crippen LogP contribution in [0.25, 0.3) is 11.0 Å². The lowest BCUT2D eigenvalue weighted by molar-refractivity contribution is 0.0719. The number of aromatic nitrogens is 2. The first-order valence-corrected chi connectivity index (χ1v) is 15.9. The number of amides is 1. The third-order valence-electron chi connectivity index (χ3n) is 9.35. The van der Waals surface area contributed by atoms with Crippen molar-refractivity contribution in [3.8, 4) is 0 Å². The number of hydrogen-bond donors (Lipinski definition) is 3. The molecule has 1 aromatic heterocycles. The van der Waals surface area contributed by atoms with Crippen LogP contribution in [0.1, 0.15) is 97.9 Å². The van der Waals surface area contributed by atoms with E-state index in [1.165, 1.54) is 76.2 Å². The molecule has 2 aliphatic rings. The normalized spacial score (nSPS) is 16.7. The summed E-state index contributed by atoms with van der Waals surface area (Å²) in [6.07, 6.45) is 15.9. The molecule has 0 spiro atoms. The standard InChI is InChI=1S/C34H48N6O/c35-20-22-39(24-27-9-5-2-6-10-27)34(41)29-16-17-31-30(23-29)38-32(40(31)21-19-25-7-3-1-4-8-25)18-13-26-11-14-28(15-12-26)33(36)37/h11-12,14-17,23,25,27H,1-10,13,18-22,24,35H2,(H3,36,37). The first kappa shape index (κ1) is 29.3. The maximum Gasteiger partial charge on any atom is 0.253 e. The van der Waals surface area contributed by atoms with Crippen molar-refractivity contribution in [2.45, 2.75) is 90.0 Å². The zero-order valence-electron chi connectivity index (χ0n) is 24.6. The molecule has 0 bridgehead atoms. The Labute approximate surface area is 245 Å². The number of rotatable bonds is 12. The van der Waals surface area contributed by atoms with Gasteiger partial charge in [-0.3, -0.25) is 10.2 Å². The third kappa shape index (κ3) is 7.56. The van der Waals surface area contributed by atoms with Gasteiger partial charge >= 0.3 is 0 Å². The largest absolute Gasteiger partial charge is 0.384 e. The van der Waals surface area contributed by atoms with E-state index in [-0.39, 0.29) is 11.7 Å². The number of carbonyl (C=O) groups is 1. The van der Waals surface area contributed by atoms with Crippen molar-refractivity contribution in [3.63, 3.8) is 0 Å². The van der Waals surface area contributed by atoms with Crippen LogP contribution in [0.3, 0.4) is 0 Å². The molecule has 2 saturated carbocycles. The van der Waals surface area contributed by atoms with Gasteiger partial charge in [-0.2, -0.15) is 0 Å². The molecule has 2 aliphatic carbocycles. The van der Waals surface area contributed by atoms with Crippen molar-refractivity contribution < 1.29 is 4.79 Å². The highest BCUT2D eigenvalue weighted by Crippen LogP contribution is 2.29. The van der Waals surface area contributed by atoms with Gasteiger partial charge in [-0.05, 0) is 61.3 Å². The van der Waals surface area contributed by atoms with Crippen molar-refractivity contribution in [1.82, 2.24) is 14.5 Å². The summed E-state index contributed by atoms with van der Waals surface area (Å²) in [6, 6.07) is 14.1. The number of nitrogens with zero attached hydrogens (tertiary/aromatic N) is 3. The van der Waals surface area contributed by atoms with E-state index in [2.05, 4.69) is 22.8 Å². The van der Waals surface area contributed by atoms with E-state index in [0.717, 1.165) is 54.3 Å². The number of hydrogen-bond acceptors (Lipinski definition) is 4. The molecule has 7 nitrogen and oxygen atoms in total. The van der Waals surface area contributed by atoms with Crippen LogP contribution in [0, 0.1) is 17.2 Å². The summed E-state index contributed by atoms with van der Waals surface area (Å²) in [7, 11) is 0. The van der Waals surface area contributed by atoms with Crippen LogP contribution in [0.4, 0.5) is 0 Å². The predicted molar refractivity (Wildman–Crippen MR) is 167 cm³/mol. The van der Waals surface area contributed by atoms with Crippen molar-refractivity contribution in [1.29, 1.82) is 5.41 Å². The van der Waals surface area contributed by atoms with Crippen molar-refractivity contribution in [2.24, 2.45) is 23.3 Å². The van der Waals surface area contributed by atoms with E-state index >= 15 is 0 Å². The summed E-state index contributed by atoms with van der Waals surface area (Å²) in [5.74, 6) is 2.62. The fourth-order valence-corrected chi connectivity index (χ4v) is 6.94. The highest BCUT2D eigenvalue weighted by atomic mass is 16.2. The first-order valence-electron chi connectivity index (χ1n) is 15.9. The lowest BCUT2D eigenvalue weighted by atomic mass is 9.87. The Bertz CT molecular complexity index is 1300. The quantitative estimate of drug-likeness (QED) is 0.186. The van der Waals surface area contributed by atoms with Gasteiger partial charge in [-0.1, -0.05) is 75.6 Å². The van der Waals surface area contributed by atoms with Gasteiger partial charge in [-0.15, -0.1) is 0 Å². The summed E-state index contributed by atoms with van der Waals surface area (Å²) in [6.45, 7) is 2.84. The third-order valence-corrected chi connectivity index (χ3v) is 9.35. The minimum atomic E-state index is 0.0757. The second kappa shape index (κ2) is 14.1. The van der Waals surface area contributed by atoms with Crippen LogP contribution in [0.15, 0.2) is 42.5 Å². The number of nitrogen functional groups attached to an aromatic ring is 1. The fourth-order valence-electron chi connectivity index (χ4n) is 6.94. The topological polar surface area (TPSA) is 114 Å². The van der Waals surface area contributed by atoms with Crippen molar-refractivity contribution >= 4 is 22.8 Å². The van der Waals surface area contributed by atoms with Crippen LogP contribution >= 0.6 is 0 Å². The monoisotopic (exact) mass is 556 g/mol. The molecule has 7 heteroatoms. The molecule has 1 amide bonds. The Hall–Kier alpha value is -3.19. The molecule has 220 valence electrons. The number of imidazole rings is 1. The number of nitrogens with two attached hydrogens (primary N) is 2. The Balaban J connectivity index is 1.37. The Kier molecular flexibility index (Phi) is 10.1. The number of benzene rings is 2. The number of carbonyl (C=O) groups excluding carboxylic acids is 1. The number of nitrogens with one attached hydrogen (secondary N) is 1. The molecule has 5 rings (SSSR count). The Morgan fingerprint density at radius 2 is 1.56 bits per heavy atom. The molecule has 0 aliphatic heterocycles. The van der Waals surface area contributed by atoms with Gasteiger partial charge in [0.05, 0.1) is 11.0 Å². The van der Waals surface area contributed by atoms with Gasteiger partial charge in [0.25, 0.3) is 5.91 Å². The average Bonchev–Trinajstić information content (AvgIpc) is 3.36. The van der Waals surface area contributed by atoms with E-state index < -0.39 is 0 Å². The van der Waals surface area contributed by atoms with E-state index in [0.29, 0.717) is 24.6 Å². The van der Waals surface area contributed by atoms with E-state index in [1.807, 2.05) is 29.2 Å². The smallest absolute Gasteiger partial charge is 0.253 e. The van der Waals surface area contributed by atoms with Crippen LogP contribution in [0.2, 0.25) is 0 Å². The zero-order chi connectivity index (χ0) is 28.6. The molecule has 3 aromatic rings. The van der Waals surface area contributed by atoms with Crippen LogP contribution in [-0.2, 0) is 19.4 Å². The SMILES string of the molecule is N=C(N)c1ccc(CCc2nc3cc(C(=O)N(CCN)CC4CCCCC4)ccc3n2CCC2CCCCC2)cc1. The van der Waals surface area contributed by atoms with Crippen LogP contribution in [-0.4, -0.2) is 45.8 Å². The van der Waals surface area contributed by atoms with Crippen molar-refractivity contribution in [3.05, 3.63) is 65.0 Å². The molecular formula is C34H48N6O. The van der Waals surface area contributed by atoms with E-state index in [1.54, 1.807) is 0 Å². The summed E-state index contributed by atoms with van der Waals surface area (Å²) in [5.41, 5.74) is 16.3. The molecule has 0 saturated heterocycles. The summed E-state index contributed by atoms with van der Waals surface area (Å²) >= 11 is 0. The highest BCUT2D eigenvalue weighted by molar-refractivity contribution is 5.97. The summed E-state index contributed by atoms with van der Waals surface area (Å²) in [5, 5.41) is 7.66. The van der Waals surface area contributed by atoms with Crippen molar-refractivity contribution in [2.75, 3.05) is 19.6 Å². The average molecular weight is 557 g/mol. The van der Waals surface area contributed by atoms with Crippen LogP contribution in [0.5, 0.6) is 0 Å². The molecular weight excluding hydrogens is 508 g/mol. The van der Waals surface area contributed by atoms with Gasteiger partial charge < -0.3 is 20.9 Å². The highest BCUT2D eigenvalue weighted by Gasteiger charge is 2.23. The minimum Gasteiger partial charge on any atom is -0.384 e. The predicted octanol–water partition coefficient (Wildman–Crippen LogP) is 6.06. The second-order valence-corrected chi connectivity index (χ2v) is 12.3. The molecule has 0 unspecified atom stereocenters. The second-order valence-electron chi connectivity index (χ2n) is 12.3. The van der Waals surface area contributed by atoms with Gasteiger partial charge in [0, 0.05) is 43.7 Å². The molecule has 2 aromatic carbocycles. The summed E-state index contributed by atoms with van der Waals surface area (Å²) < 4.78 is 2.40. The van der Waals surface area contributed by atoms with Gasteiger partial charge in [-0.25, -0.2) is 4.98 Å². The molecule has 5 N–H and O–H groups in total. The molecule has 0 radical (unpaired) electrons. The number of amidine groups is 1. The van der Waals surface area contributed by atoms with Crippen LogP contribution < -0.4 is 11.5 Å². The summed E-state index contributed by atoms with van der Waals surface area (Å²) in [4.78, 5) is 20.8. The van der Waals surface area contributed by atoms with Gasteiger partial charge in [0.1, 0.15) is 11.7 Å². The maximum atomic E-state index is 13.7. The minimum absolute atomic E-state index is 0.0757. The lowest BCUT2D eigenvalue weighted by Crippen LogP contribution is -2.39. The molecule has 1 heterocycles. The maximum absolute atomic E-state index is 13.7. The van der Waals surface area contributed by atoms with Gasteiger partial charge in [0.15, 0.2) is 0 Å². The number of aryl methyl sites for hydroxylation is 3. The van der Waals surface area contributed by atoms with E-state index in [9.17, 15) is 4.79 Å². The first-order chi connectivity index (χ1) is 20.0. The molecule has 41 heavy (non-hydrogen) atoms. The zero-order valence-corrected chi connectivity index (χ0v) is 24.6. The molecule has 2 fully saturated rings. The fraction of sp³-hybridized carbons (Fsp3) is 0.559. The molecule has 0 atom stereocenters. The van der Waals surface area contributed by atoms with Gasteiger partial charge in [0.2, 0.25) is 0 Å². The lowest BCUT2D eigenvalue weighted by Gasteiger charge is -2.29. The number of fused-ring (bicyclic) bond motifs is 1. The Morgan fingerprint density at radius 1 is 0.902 bits per heavy atom. The Morgan fingerprint density at radius 3 is 2.22 bits per heavy atom. The van der Waals surface area contributed by atoms with E-state index in [4.69, 9.17) is 21.9 Å².